The number of hydrogen-bond donors (Lipinski definition) is 0. The molecule has 3 atom stereocenters. The second-order valence-corrected chi connectivity index (χ2v) is 8.32. The zero-order chi connectivity index (χ0) is 16.4. The first kappa shape index (κ1) is 15.2. The molecule has 5 aliphatic rings. The van der Waals surface area contributed by atoms with Gasteiger partial charge in [0, 0.05) is 12.8 Å². The van der Waals surface area contributed by atoms with Gasteiger partial charge in [-0.3, -0.25) is 4.79 Å². The maximum atomic E-state index is 12.4. The summed E-state index contributed by atoms with van der Waals surface area (Å²) < 4.78 is 17.3. The maximum Gasteiger partial charge on any atom is 0.312 e. The number of esters is 1. The van der Waals surface area contributed by atoms with Crippen molar-refractivity contribution >= 4 is 5.97 Å². The van der Waals surface area contributed by atoms with Crippen LogP contribution < -0.4 is 0 Å². The van der Waals surface area contributed by atoms with Crippen LogP contribution in [-0.4, -0.2) is 31.6 Å². The van der Waals surface area contributed by atoms with E-state index in [9.17, 15) is 4.79 Å². The number of cyclic esters (lactones) is 1. The van der Waals surface area contributed by atoms with E-state index in [1.807, 2.05) is 0 Å². The molecule has 2 heterocycles. The fourth-order valence-corrected chi connectivity index (χ4v) is 5.86. The van der Waals surface area contributed by atoms with Crippen LogP contribution in [0.15, 0.2) is 22.8 Å². The van der Waals surface area contributed by atoms with Crippen LogP contribution in [0.25, 0.3) is 0 Å². The minimum absolute atomic E-state index is 0.0178. The van der Waals surface area contributed by atoms with E-state index in [1.54, 1.807) is 16.7 Å². The summed E-state index contributed by atoms with van der Waals surface area (Å²) >= 11 is 0. The van der Waals surface area contributed by atoms with Crippen molar-refractivity contribution in [2.75, 3.05) is 19.8 Å². The van der Waals surface area contributed by atoms with Crippen LogP contribution >= 0.6 is 0 Å². The zero-order valence-corrected chi connectivity index (χ0v) is 14.4. The first-order valence-corrected chi connectivity index (χ1v) is 9.48. The number of carbonyl (C=O) groups excluding carboxylic acids is 1. The lowest BCUT2D eigenvalue weighted by atomic mass is 9.56. The highest BCUT2D eigenvalue weighted by atomic mass is 16.7. The van der Waals surface area contributed by atoms with Gasteiger partial charge in [-0.1, -0.05) is 11.6 Å². The minimum Gasteiger partial charge on any atom is -0.465 e. The largest absolute Gasteiger partial charge is 0.465 e. The van der Waals surface area contributed by atoms with E-state index in [2.05, 4.69) is 13.0 Å². The fourth-order valence-electron chi connectivity index (χ4n) is 5.86. The van der Waals surface area contributed by atoms with Crippen molar-refractivity contribution < 1.29 is 19.0 Å². The lowest BCUT2D eigenvalue weighted by molar-refractivity contribution is -0.170. The normalized spacial score (nSPS) is 40.5. The molecule has 2 aliphatic heterocycles. The second kappa shape index (κ2) is 5.18. The van der Waals surface area contributed by atoms with E-state index < -0.39 is 0 Å². The third-order valence-electron chi connectivity index (χ3n) is 7.16. The summed E-state index contributed by atoms with van der Waals surface area (Å²) in [5.74, 6) is 0.672. The predicted octanol–water partition coefficient (Wildman–Crippen LogP) is 3.52. The third-order valence-corrected chi connectivity index (χ3v) is 7.16. The van der Waals surface area contributed by atoms with E-state index in [4.69, 9.17) is 14.2 Å². The van der Waals surface area contributed by atoms with Crippen molar-refractivity contribution in [1.29, 1.82) is 0 Å². The number of allylic oxidation sites excluding steroid dienone is 3. The van der Waals surface area contributed by atoms with Crippen molar-refractivity contribution in [3.05, 3.63) is 22.8 Å². The standard InChI is InChI=1S/C20H26O4/c1-19-7-4-15-14-5-8-20(23-10-11-24-20)12-13(14)2-3-16(15)17(19)6-9-22-18(19)21/h4,16-17H,2-3,5-12H2,1H3/t16-,17+,19+/m1/s1. The Morgan fingerprint density at radius 3 is 2.79 bits per heavy atom. The Hall–Kier alpha value is -1.13. The molecule has 4 nitrogen and oxygen atoms in total. The average molecular weight is 330 g/mol. The van der Waals surface area contributed by atoms with Gasteiger partial charge in [0.1, 0.15) is 0 Å². The lowest BCUT2D eigenvalue weighted by Gasteiger charge is -2.50. The van der Waals surface area contributed by atoms with E-state index in [1.165, 1.54) is 0 Å². The molecule has 0 N–H and O–H groups in total. The molecule has 0 aromatic rings. The molecule has 0 saturated carbocycles. The van der Waals surface area contributed by atoms with E-state index in [0.717, 1.165) is 58.2 Å². The number of fused-ring (bicyclic) bond motifs is 4. The van der Waals surface area contributed by atoms with Gasteiger partial charge in [0.15, 0.2) is 5.79 Å². The van der Waals surface area contributed by atoms with Gasteiger partial charge in [-0.05, 0) is 62.0 Å². The highest BCUT2D eigenvalue weighted by Gasteiger charge is 2.53. The summed E-state index contributed by atoms with van der Waals surface area (Å²) in [5, 5.41) is 0. The maximum absolute atomic E-state index is 12.4. The highest BCUT2D eigenvalue weighted by Crippen LogP contribution is 2.56. The summed E-state index contributed by atoms with van der Waals surface area (Å²) in [5.41, 5.74) is 4.35. The summed E-state index contributed by atoms with van der Waals surface area (Å²) in [7, 11) is 0. The first-order chi connectivity index (χ1) is 11.6. The van der Waals surface area contributed by atoms with Crippen LogP contribution in [0, 0.1) is 17.3 Å². The van der Waals surface area contributed by atoms with Crippen LogP contribution in [-0.2, 0) is 19.0 Å². The van der Waals surface area contributed by atoms with Crippen LogP contribution in [0.1, 0.15) is 51.9 Å². The molecular weight excluding hydrogens is 304 g/mol. The number of hydrogen-bond acceptors (Lipinski definition) is 4. The molecule has 0 amide bonds. The number of ether oxygens (including phenoxy) is 3. The fraction of sp³-hybridized carbons (Fsp3) is 0.750. The summed E-state index contributed by atoms with van der Waals surface area (Å²) in [4.78, 5) is 12.4. The number of rotatable bonds is 0. The molecule has 4 heteroatoms. The van der Waals surface area contributed by atoms with Gasteiger partial charge in [-0.15, -0.1) is 0 Å². The smallest absolute Gasteiger partial charge is 0.312 e. The van der Waals surface area contributed by atoms with Gasteiger partial charge in [-0.2, -0.15) is 0 Å². The quantitative estimate of drug-likeness (QED) is 0.638. The Bertz CT molecular complexity index is 640. The first-order valence-electron chi connectivity index (χ1n) is 9.48. The zero-order valence-electron chi connectivity index (χ0n) is 14.4. The van der Waals surface area contributed by atoms with Crippen LogP contribution in [0.2, 0.25) is 0 Å². The minimum atomic E-state index is -0.329. The molecule has 24 heavy (non-hydrogen) atoms. The van der Waals surface area contributed by atoms with Crippen molar-refractivity contribution in [3.8, 4) is 0 Å². The molecule has 0 unspecified atom stereocenters. The van der Waals surface area contributed by atoms with Crippen molar-refractivity contribution in [2.45, 2.75) is 57.7 Å². The number of carbonyl (C=O) groups is 1. The third kappa shape index (κ3) is 2.02. The Labute approximate surface area is 143 Å². The Morgan fingerprint density at radius 2 is 1.96 bits per heavy atom. The molecule has 2 fully saturated rings. The molecule has 0 aromatic carbocycles. The molecule has 1 spiro atoms. The van der Waals surface area contributed by atoms with Crippen LogP contribution in [0.5, 0.6) is 0 Å². The van der Waals surface area contributed by atoms with E-state index in [0.29, 0.717) is 18.4 Å². The van der Waals surface area contributed by atoms with Gasteiger partial charge in [-0.25, -0.2) is 0 Å². The molecule has 5 rings (SSSR count). The van der Waals surface area contributed by atoms with Gasteiger partial charge in [0.2, 0.25) is 0 Å². The Balaban J connectivity index is 1.49. The molecule has 2 saturated heterocycles. The molecular formula is C20H26O4. The molecule has 3 aliphatic carbocycles. The summed E-state index contributed by atoms with van der Waals surface area (Å²) in [6.07, 6.45) is 9.47. The lowest BCUT2D eigenvalue weighted by Crippen LogP contribution is -2.49. The predicted molar refractivity (Wildman–Crippen MR) is 88.1 cm³/mol. The van der Waals surface area contributed by atoms with E-state index >= 15 is 0 Å². The van der Waals surface area contributed by atoms with Gasteiger partial charge in [0.05, 0.1) is 25.2 Å². The Morgan fingerprint density at radius 1 is 1.12 bits per heavy atom. The van der Waals surface area contributed by atoms with Crippen LogP contribution in [0.3, 0.4) is 0 Å². The van der Waals surface area contributed by atoms with Gasteiger partial charge < -0.3 is 14.2 Å². The second-order valence-electron chi connectivity index (χ2n) is 8.32. The highest BCUT2D eigenvalue weighted by molar-refractivity contribution is 5.78. The monoisotopic (exact) mass is 330 g/mol. The van der Waals surface area contributed by atoms with Crippen molar-refractivity contribution in [1.82, 2.24) is 0 Å². The van der Waals surface area contributed by atoms with Gasteiger partial charge in [0.25, 0.3) is 0 Å². The van der Waals surface area contributed by atoms with Crippen molar-refractivity contribution in [3.63, 3.8) is 0 Å². The SMILES string of the molecule is C[C@]12CC=C3C4=C(CC[C@H]3[C@@H]1CCOC2=O)CC1(CC4)OCCO1. The molecule has 0 bridgehead atoms. The van der Waals surface area contributed by atoms with Crippen LogP contribution in [0.4, 0.5) is 0 Å². The van der Waals surface area contributed by atoms with E-state index in [-0.39, 0.29) is 17.2 Å². The Kier molecular flexibility index (Phi) is 3.27. The molecule has 0 radical (unpaired) electrons. The molecule has 0 aromatic heterocycles. The average Bonchev–Trinajstić information content (AvgIpc) is 3.03. The summed E-state index contributed by atoms with van der Waals surface area (Å²) in [6.45, 7) is 4.18. The molecule has 130 valence electrons. The summed E-state index contributed by atoms with van der Waals surface area (Å²) in [6, 6.07) is 0. The van der Waals surface area contributed by atoms with Gasteiger partial charge >= 0.3 is 5.97 Å². The van der Waals surface area contributed by atoms with Crippen molar-refractivity contribution in [2.24, 2.45) is 17.3 Å². The topological polar surface area (TPSA) is 44.8 Å².